The van der Waals surface area contributed by atoms with Crippen LogP contribution in [0, 0.1) is 0 Å². The highest BCUT2D eigenvalue weighted by Crippen LogP contribution is 2.22. The van der Waals surface area contributed by atoms with Gasteiger partial charge in [-0.2, -0.15) is 0 Å². The van der Waals surface area contributed by atoms with Gasteiger partial charge >= 0.3 is 6.03 Å². The number of hydrogen-bond acceptors (Lipinski definition) is 3. The molecule has 0 spiro atoms. The molecule has 1 aromatic rings. The standard InChI is InChI=1S/C17H26N2O3/c1-19(10-11-20)17(21)18-15-7-5-6-14(12-15)13-22-16-8-3-2-4-9-16/h5-7,12,16,20H,2-4,8-11,13H2,1H3,(H,18,21). The lowest BCUT2D eigenvalue weighted by atomic mass is 9.98. The first-order chi connectivity index (χ1) is 10.7. The van der Waals surface area contributed by atoms with Gasteiger partial charge in [0.05, 0.1) is 19.3 Å². The van der Waals surface area contributed by atoms with Crippen molar-refractivity contribution in [2.45, 2.75) is 44.8 Å². The molecule has 0 saturated heterocycles. The fourth-order valence-corrected chi connectivity index (χ4v) is 2.66. The average molecular weight is 306 g/mol. The van der Waals surface area contributed by atoms with E-state index in [1.807, 2.05) is 24.3 Å². The molecule has 0 aromatic heterocycles. The first kappa shape index (κ1) is 16.8. The molecule has 0 aliphatic heterocycles. The van der Waals surface area contributed by atoms with Crippen LogP contribution >= 0.6 is 0 Å². The van der Waals surface area contributed by atoms with Crippen LogP contribution in [-0.4, -0.2) is 42.3 Å². The molecule has 0 bridgehead atoms. The second kappa shape index (κ2) is 8.76. The molecule has 0 atom stereocenters. The Kier molecular flexibility index (Phi) is 6.68. The van der Waals surface area contributed by atoms with Gasteiger partial charge in [0.15, 0.2) is 0 Å². The van der Waals surface area contributed by atoms with E-state index in [9.17, 15) is 4.79 Å². The van der Waals surface area contributed by atoms with Gasteiger partial charge in [-0.15, -0.1) is 0 Å². The number of rotatable bonds is 6. The smallest absolute Gasteiger partial charge is 0.321 e. The minimum Gasteiger partial charge on any atom is -0.395 e. The molecule has 0 unspecified atom stereocenters. The highest BCUT2D eigenvalue weighted by atomic mass is 16.5. The van der Waals surface area contributed by atoms with Crippen molar-refractivity contribution < 1.29 is 14.6 Å². The number of ether oxygens (including phenoxy) is 1. The highest BCUT2D eigenvalue weighted by Gasteiger charge is 2.14. The van der Waals surface area contributed by atoms with Gasteiger partial charge in [0, 0.05) is 19.3 Å². The number of anilines is 1. The minimum atomic E-state index is -0.223. The van der Waals surface area contributed by atoms with Crippen molar-refractivity contribution in [1.82, 2.24) is 4.90 Å². The van der Waals surface area contributed by atoms with Crippen LogP contribution in [0.4, 0.5) is 10.5 Å². The van der Waals surface area contributed by atoms with E-state index in [1.165, 1.54) is 24.2 Å². The Morgan fingerprint density at radius 3 is 2.86 bits per heavy atom. The highest BCUT2D eigenvalue weighted by molar-refractivity contribution is 5.89. The van der Waals surface area contributed by atoms with Gasteiger partial charge in [0.1, 0.15) is 0 Å². The monoisotopic (exact) mass is 306 g/mol. The van der Waals surface area contributed by atoms with Crippen LogP contribution in [0.1, 0.15) is 37.7 Å². The molecule has 0 radical (unpaired) electrons. The molecule has 2 N–H and O–H groups in total. The number of aliphatic hydroxyl groups excluding tert-OH is 1. The number of benzene rings is 1. The summed E-state index contributed by atoms with van der Waals surface area (Å²) in [5.41, 5.74) is 1.81. The Hall–Kier alpha value is -1.59. The van der Waals surface area contributed by atoms with E-state index >= 15 is 0 Å². The van der Waals surface area contributed by atoms with E-state index in [2.05, 4.69) is 5.32 Å². The topological polar surface area (TPSA) is 61.8 Å². The molecule has 1 aromatic carbocycles. The molecular formula is C17H26N2O3. The van der Waals surface area contributed by atoms with E-state index in [4.69, 9.17) is 9.84 Å². The zero-order valence-electron chi connectivity index (χ0n) is 13.3. The van der Waals surface area contributed by atoms with Gasteiger partial charge in [-0.25, -0.2) is 4.79 Å². The maximum atomic E-state index is 11.9. The predicted molar refractivity (Wildman–Crippen MR) is 86.8 cm³/mol. The number of amides is 2. The maximum Gasteiger partial charge on any atom is 0.321 e. The Morgan fingerprint density at radius 2 is 2.14 bits per heavy atom. The van der Waals surface area contributed by atoms with Gasteiger partial charge in [0.25, 0.3) is 0 Å². The van der Waals surface area contributed by atoms with Crippen LogP contribution in [0.5, 0.6) is 0 Å². The average Bonchev–Trinajstić information content (AvgIpc) is 2.54. The molecule has 122 valence electrons. The summed E-state index contributed by atoms with van der Waals surface area (Å²) in [6, 6.07) is 7.50. The fraction of sp³-hybridized carbons (Fsp3) is 0.588. The number of carbonyl (C=O) groups is 1. The van der Waals surface area contributed by atoms with Gasteiger partial charge < -0.3 is 20.1 Å². The molecule has 0 heterocycles. The lowest BCUT2D eigenvalue weighted by molar-refractivity contribution is 0.0169. The van der Waals surface area contributed by atoms with E-state index in [0.29, 0.717) is 19.3 Å². The zero-order chi connectivity index (χ0) is 15.8. The first-order valence-electron chi connectivity index (χ1n) is 8.02. The van der Waals surface area contributed by atoms with E-state index in [0.717, 1.165) is 24.1 Å². The summed E-state index contributed by atoms with van der Waals surface area (Å²) in [4.78, 5) is 13.3. The summed E-state index contributed by atoms with van der Waals surface area (Å²) in [6.45, 7) is 0.857. The van der Waals surface area contributed by atoms with Crippen molar-refractivity contribution in [2.24, 2.45) is 0 Å². The van der Waals surface area contributed by atoms with Crippen LogP contribution in [0.25, 0.3) is 0 Å². The third-order valence-electron chi connectivity index (χ3n) is 4.00. The summed E-state index contributed by atoms with van der Waals surface area (Å²) in [5.74, 6) is 0. The summed E-state index contributed by atoms with van der Waals surface area (Å²) in [7, 11) is 1.65. The number of aliphatic hydroxyl groups is 1. The molecule has 1 saturated carbocycles. The molecule has 5 nitrogen and oxygen atoms in total. The van der Waals surface area contributed by atoms with Crippen molar-refractivity contribution in [1.29, 1.82) is 0 Å². The van der Waals surface area contributed by atoms with Crippen molar-refractivity contribution in [2.75, 3.05) is 25.5 Å². The molecule has 2 amide bonds. The third kappa shape index (κ3) is 5.31. The molecule has 5 heteroatoms. The molecule has 1 aliphatic rings. The Labute approximate surface area is 132 Å². The Bertz CT molecular complexity index is 473. The zero-order valence-corrected chi connectivity index (χ0v) is 13.3. The molecule has 1 aliphatic carbocycles. The number of hydrogen-bond donors (Lipinski definition) is 2. The Morgan fingerprint density at radius 1 is 1.36 bits per heavy atom. The molecule has 2 rings (SSSR count). The van der Waals surface area contributed by atoms with Crippen LogP contribution in [-0.2, 0) is 11.3 Å². The normalized spacial score (nSPS) is 15.5. The van der Waals surface area contributed by atoms with Crippen LogP contribution < -0.4 is 5.32 Å². The third-order valence-corrected chi connectivity index (χ3v) is 4.00. The summed E-state index contributed by atoms with van der Waals surface area (Å²) >= 11 is 0. The number of carbonyl (C=O) groups excluding carboxylic acids is 1. The van der Waals surface area contributed by atoms with Gasteiger partial charge in [-0.05, 0) is 30.5 Å². The number of nitrogens with zero attached hydrogens (tertiary/aromatic N) is 1. The van der Waals surface area contributed by atoms with Gasteiger partial charge in [-0.1, -0.05) is 31.4 Å². The minimum absolute atomic E-state index is 0.0425. The van der Waals surface area contributed by atoms with Crippen molar-refractivity contribution in [3.05, 3.63) is 29.8 Å². The van der Waals surface area contributed by atoms with Gasteiger partial charge in [0.2, 0.25) is 0 Å². The van der Waals surface area contributed by atoms with E-state index in [1.54, 1.807) is 7.05 Å². The van der Waals surface area contributed by atoms with Crippen molar-refractivity contribution >= 4 is 11.7 Å². The second-order valence-electron chi connectivity index (χ2n) is 5.85. The van der Waals surface area contributed by atoms with E-state index < -0.39 is 0 Å². The number of urea groups is 1. The molecular weight excluding hydrogens is 280 g/mol. The van der Waals surface area contributed by atoms with Crippen molar-refractivity contribution in [3.63, 3.8) is 0 Å². The summed E-state index contributed by atoms with van der Waals surface area (Å²) in [5, 5.41) is 11.7. The number of nitrogens with one attached hydrogen (secondary N) is 1. The lowest BCUT2D eigenvalue weighted by Crippen LogP contribution is -2.33. The maximum absolute atomic E-state index is 11.9. The SMILES string of the molecule is CN(CCO)C(=O)Nc1cccc(COC2CCCCC2)c1. The Balaban J connectivity index is 1.85. The van der Waals surface area contributed by atoms with Crippen molar-refractivity contribution in [3.8, 4) is 0 Å². The molecule has 1 fully saturated rings. The van der Waals surface area contributed by atoms with Gasteiger partial charge in [-0.3, -0.25) is 0 Å². The molecule has 22 heavy (non-hydrogen) atoms. The predicted octanol–water partition coefficient (Wildman–Crippen LogP) is 2.99. The van der Waals surface area contributed by atoms with Crippen LogP contribution in [0.2, 0.25) is 0 Å². The fourth-order valence-electron chi connectivity index (χ4n) is 2.66. The van der Waals surface area contributed by atoms with Crippen LogP contribution in [0.3, 0.4) is 0 Å². The largest absolute Gasteiger partial charge is 0.395 e. The second-order valence-corrected chi connectivity index (χ2v) is 5.85. The summed E-state index contributed by atoms with van der Waals surface area (Å²) in [6.07, 6.45) is 6.53. The summed E-state index contributed by atoms with van der Waals surface area (Å²) < 4.78 is 5.96. The van der Waals surface area contributed by atoms with Crippen LogP contribution in [0.15, 0.2) is 24.3 Å². The quantitative estimate of drug-likeness (QED) is 0.849. The number of likely N-dealkylation sites (N-methyl/N-ethyl adjacent to an activating group) is 1. The lowest BCUT2D eigenvalue weighted by Gasteiger charge is -2.22. The first-order valence-corrected chi connectivity index (χ1v) is 8.02. The van der Waals surface area contributed by atoms with E-state index in [-0.39, 0.29) is 12.6 Å².